The maximum atomic E-state index is 13.2. The summed E-state index contributed by atoms with van der Waals surface area (Å²) in [4.78, 5) is 26.3. The van der Waals surface area contributed by atoms with Crippen molar-refractivity contribution in [3.63, 3.8) is 0 Å². The van der Waals surface area contributed by atoms with Crippen molar-refractivity contribution in [3.05, 3.63) is 46.3 Å². The second-order valence-corrected chi connectivity index (χ2v) is 7.16. The van der Waals surface area contributed by atoms with Gasteiger partial charge in [-0.15, -0.1) is 0 Å². The summed E-state index contributed by atoms with van der Waals surface area (Å²) in [5.41, 5.74) is 2.63. The van der Waals surface area contributed by atoms with Crippen molar-refractivity contribution in [1.29, 1.82) is 0 Å². The fourth-order valence-corrected chi connectivity index (χ4v) is 3.39. The summed E-state index contributed by atoms with van der Waals surface area (Å²) in [5, 5.41) is 1.31. The fraction of sp³-hybridized carbons (Fsp3) is 0.316. The second-order valence-electron chi connectivity index (χ2n) is 6.41. The van der Waals surface area contributed by atoms with Crippen LogP contribution < -0.4 is 0 Å². The minimum Gasteiger partial charge on any atom is -0.361 e. The summed E-state index contributed by atoms with van der Waals surface area (Å²) in [5.74, 6) is -0.0334. The molecule has 0 unspecified atom stereocenters. The Kier molecular flexibility index (Phi) is 5.04. The molecule has 3 aromatic rings. The number of hydrogen-bond acceptors (Lipinski definition) is 4. The van der Waals surface area contributed by atoms with Gasteiger partial charge in [-0.25, -0.2) is 9.97 Å². The molecule has 1 N–H and O–H groups in total. The average Bonchev–Trinajstić information content (AvgIpc) is 3.40. The van der Waals surface area contributed by atoms with Crippen LogP contribution in [0.15, 0.2) is 30.5 Å². The molecular weight excluding hydrogens is 387 g/mol. The molecule has 1 aliphatic rings. The van der Waals surface area contributed by atoms with Gasteiger partial charge in [-0.3, -0.25) is 4.79 Å². The third kappa shape index (κ3) is 3.65. The molecule has 0 saturated heterocycles. The molecule has 0 bridgehead atoms. The Morgan fingerprint density at radius 2 is 2.19 bits per heavy atom. The maximum absolute atomic E-state index is 13.2. The SMILES string of the molecule is CCOCN(C(=O)c1cccc2[nH]c(-c3nc(Cl)ncc3Cl)cc12)C1CC1. The number of ether oxygens (including phenoxy) is 1. The van der Waals surface area contributed by atoms with Gasteiger partial charge in [-0.2, -0.15) is 0 Å². The van der Waals surface area contributed by atoms with Crippen LogP contribution in [0.4, 0.5) is 0 Å². The van der Waals surface area contributed by atoms with Crippen LogP contribution in [0.2, 0.25) is 10.3 Å². The van der Waals surface area contributed by atoms with Crippen LogP contribution in [-0.2, 0) is 4.74 Å². The van der Waals surface area contributed by atoms with Gasteiger partial charge in [0.05, 0.1) is 16.9 Å². The minimum atomic E-state index is -0.0334. The van der Waals surface area contributed by atoms with Crippen molar-refractivity contribution >= 4 is 40.0 Å². The first-order valence-corrected chi connectivity index (χ1v) is 9.53. The van der Waals surface area contributed by atoms with Crippen LogP contribution in [-0.4, -0.2) is 45.1 Å². The predicted molar refractivity (Wildman–Crippen MR) is 105 cm³/mol. The van der Waals surface area contributed by atoms with Crippen LogP contribution in [0.25, 0.3) is 22.3 Å². The van der Waals surface area contributed by atoms with E-state index in [1.54, 1.807) is 4.90 Å². The Morgan fingerprint density at radius 1 is 1.37 bits per heavy atom. The zero-order valence-corrected chi connectivity index (χ0v) is 16.2. The number of benzene rings is 1. The van der Waals surface area contributed by atoms with Gasteiger partial charge in [0, 0.05) is 29.1 Å². The molecule has 2 heterocycles. The standard InChI is InChI=1S/C19H18Cl2N4O2/c1-2-27-10-25(11-6-7-11)18(26)12-4-3-5-15-13(12)8-16(23-15)17-14(20)9-22-19(21)24-17/h3-5,8-9,11,23H,2,6-7,10H2,1H3. The molecule has 0 atom stereocenters. The van der Waals surface area contributed by atoms with E-state index in [4.69, 9.17) is 27.9 Å². The Hall–Kier alpha value is -2.15. The number of hydrogen-bond donors (Lipinski definition) is 1. The van der Waals surface area contributed by atoms with Crippen molar-refractivity contribution in [1.82, 2.24) is 19.9 Å². The van der Waals surface area contributed by atoms with E-state index in [0.717, 1.165) is 23.7 Å². The molecule has 0 radical (unpaired) electrons. The van der Waals surface area contributed by atoms with Gasteiger partial charge in [0.1, 0.15) is 12.4 Å². The normalized spacial score (nSPS) is 13.9. The molecule has 1 aromatic carbocycles. The van der Waals surface area contributed by atoms with E-state index in [-0.39, 0.29) is 17.2 Å². The van der Waals surface area contributed by atoms with Crippen molar-refractivity contribution in [3.8, 4) is 11.4 Å². The third-order valence-electron chi connectivity index (χ3n) is 4.55. The van der Waals surface area contributed by atoms with Crippen molar-refractivity contribution in [2.45, 2.75) is 25.8 Å². The van der Waals surface area contributed by atoms with E-state index in [0.29, 0.717) is 35.3 Å². The van der Waals surface area contributed by atoms with Gasteiger partial charge in [0.25, 0.3) is 5.91 Å². The smallest absolute Gasteiger partial charge is 0.256 e. The Balaban J connectivity index is 1.75. The molecule has 27 heavy (non-hydrogen) atoms. The first-order valence-electron chi connectivity index (χ1n) is 8.77. The lowest BCUT2D eigenvalue weighted by atomic mass is 10.1. The van der Waals surface area contributed by atoms with Crippen molar-refractivity contribution in [2.24, 2.45) is 0 Å². The van der Waals surface area contributed by atoms with E-state index < -0.39 is 0 Å². The number of amides is 1. The molecule has 140 valence electrons. The van der Waals surface area contributed by atoms with E-state index in [1.807, 2.05) is 31.2 Å². The molecule has 1 amide bonds. The average molecular weight is 405 g/mol. The minimum absolute atomic E-state index is 0.0334. The summed E-state index contributed by atoms with van der Waals surface area (Å²) in [6, 6.07) is 7.73. The zero-order valence-electron chi connectivity index (χ0n) is 14.7. The molecule has 1 aliphatic carbocycles. The summed E-state index contributed by atoms with van der Waals surface area (Å²) < 4.78 is 5.50. The maximum Gasteiger partial charge on any atom is 0.256 e. The number of carbonyl (C=O) groups is 1. The van der Waals surface area contributed by atoms with Crippen LogP contribution >= 0.6 is 23.2 Å². The van der Waals surface area contributed by atoms with Crippen LogP contribution in [0, 0.1) is 0 Å². The van der Waals surface area contributed by atoms with Crippen molar-refractivity contribution in [2.75, 3.05) is 13.3 Å². The van der Waals surface area contributed by atoms with Gasteiger partial charge < -0.3 is 14.6 Å². The largest absolute Gasteiger partial charge is 0.361 e. The van der Waals surface area contributed by atoms with E-state index >= 15 is 0 Å². The van der Waals surface area contributed by atoms with Gasteiger partial charge in [0.2, 0.25) is 5.28 Å². The molecule has 0 spiro atoms. The van der Waals surface area contributed by atoms with Crippen molar-refractivity contribution < 1.29 is 9.53 Å². The molecule has 2 aromatic heterocycles. The summed E-state index contributed by atoms with van der Waals surface area (Å²) in [6.45, 7) is 2.80. The lowest BCUT2D eigenvalue weighted by molar-refractivity contribution is 0.0253. The summed E-state index contributed by atoms with van der Waals surface area (Å²) >= 11 is 12.1. The predicted octanol–water partition coefficient (Wildman–Crippen LogP) is 4.53. The highest BCUT2D eigenvalue weighted by Crippen LogP contribution is 2.33. The first-order chi connectivity index (χ1) is 13.1. The third-order valence-corrected chi connectivity index (χ3v) is 5.01. The number of fused-ring (bicyclic) bond motifs is 1. The van der Waals surface area contributed by atoms with Crippen LogP contribution in [0.5, 0.6) is 0 Å². The van der Waals surface area contributed by atoms with Gasteiger partial charge in [0.15, 0.2) is 0 Å². The van der Waals surface area contributed by atoms with E-state index in [2.05, 4.69) is 15.0 Å². The summed E-state index contributed by atoms with van der Waals surface area (Å²) in [6.07, 6.45) is 3.49. The molecule has 1 saturated carbocycles. The molecule has 4 rings (SSSR count). The molecular formula is C19H18Cl2N4O2. The molecule has 6 nitrogen and oxygen atoms in total. The Labute approximate surface area is 166 Å². The zero-order chi connectivity index (χ0) is 19.0. The number of aromatic amines is 1. The van der Waals surface area contributed by atoms with Gasteiger partial charge in [-0.05, 0) is 49.6 Å². The number of aromatic nitrogens is 3. The Bertz CT molecular complexity index is 1000. The van der Waals surface area contributed by atoms with Crippen LogP contribution in [0.1, 0.15) is 30.1 Å². The molecule has 0 aliphatic heterocycles. The number of halogens is 2. The number of nitrogens with one attached hydrogen (secondary N) is 1. The lowest BCUT2D eigenvalue weighted by Gasteiger charge is -2.22. The molecule has 8 heteroatoms. The van der Waals surface area contributed by atoms with Gasteiger partial charge >= 0.3 is 0 Å². The highest BCUT2D eigenvalue weighted by atomic mass is 35.5. The van der Waals surface area contributed by atoms with Crippen LogP contribution in [0.3, 0.4) is 0 Å². The topological polar surface area (TPSA) is 71.1 Å². The first kappa shape index (κ1) is 18.2. The quantitative estimate of drug-likeness (QED) is 0.483. The Morgan fingerprint density at radius 3 is 2.93 bits per heavy atom. The highest BCUT2D eigenvalue weighted by Gasteiger charge is 2.33. The lowest BCUT2D eigenvalue weighted by Crippen LogP contribution is -2.35. The second kappa shape index (κ2) is 7.46. The number of rotatable bonds is 6. The number of H-pyrrole nitrogens is 1. The summed E-state index contributed by atoms with van der Waals surface area (Å²) in [7, 11) is 0. The highest BCUT2D eigenvalue weighted by molar-refractivity contribution is 6.33. The number of nitrogens with zero attached hydrogens (tertiary/aromatic N) is 3. The molecule has 1 fully saturated rings. The monoisotopic (exact) mass is 404 g/mol. The van der Waals surface area contributed by atoms with Gasteiger partial charge in [-0.1, -0.05) is 17.7 Å². The number of carbonyl (C=O) groups excluding carboxylic acids is 1. The van der Waals surface area contributed by atoms with E-state index in [1.165, 1.54) is 6.20 Å². The van der Waals surface area contributed by atoms with E-state index in [9.17, 15) is 4.79 Å². The fourth-order valence-electron chi connectivity index (χ4n) is 3.06.